The summed E-state index contributed by atoms with van der Waals surface area (Å²) >= 11 is 0. The Balaban J connectivity index is 1.35. The number of nitrogens with one attached hydrogen (secondary N) is 2. The third kappa shape index (κ3) is 4.11. The molecule has 0 unspecified atom stereocenters. The van der Waals surface area contributed by atoms with Gasteiger partial charge in [0.25, 0.3) is 0 Å². The fraction of sp³-hybridized carbons (Fsp3) is 0.600. The Bertz CT molecular complexity index is 781. The number of pyridine rings is 1. The minimum absolute atomic E-state index is 0.180. The number of amides is 1. The van der Waals surface area contributed by atoms with E-state index < -0.39 is 0 Å². The van der Waals surface area contributed by atoms with Crippen LogP contribution < -0.4 is 10.6 Å². The van der Waals surface area contributed by atoms with E-state index in [2.05, 4.69) is 32.7 Å². The number of nitrogens with zero attached hydrogens (tertiary/aromatic N) is 3. The zero-order chi connectivity index (χ0) is 17.9. The fourth-order valence-electron chi connectivity index (χ4n) is 3.69. The lowest BCUT2D eigenvalue weighted by molar-refractivity contribution is -0.122. The molecule has 2 heterocycles. The molecule has 2 aliphatic rings. The summed E-state index contributed by atoms with van der Waals surface area (Å²) in [6.07, 6.45) is 9.92. The van der Waals surface area contributed by atoms with Gasteiger partial charge in [-0.3, -0.25) is 4.79 Å². The standard InChI is InChI=1S/C20H27N5O/c1-2-3-18(26)22-15-7-9-16(10-8-15)23-20-21-12-14-6-11-17(13-4-5-13)24-19(14)25-20/h6,11-13,15-16H,2-5,7-10H2,1H3,(H,22,26)(H,21,23,24,25). The van der Waals surface area contributed by atoms with Gasteiger partial charge in [-0.25, -0.2) is 9.97 Å². The number of hydrogen-bond acceptors (Lipinski definition) is 5. The first-order chi connectivity index (χ1) is 12.7. The van der Waals surface area contributed by atoms with Crippen molar-refractivity contribution in [3.05, 3.63) is 24.0 Å². The maximum atomic E-state index is 11.7. The minimum atomic E-state index is 0.180. The summed E-state index contributed by atoms with van der Waals surface area (Å²) in [6.45, 7) is 2.03. The second-order valence-electron chi connectivity index (χ2n) is 7.63. The van der Waals surface area contributed by atoms with Crippen molar-refractivity contribution in [2.45, 2.75) is 76.3 Å². The summed E-state index contributed by atoms with van der Waals surface area (Å²) in [5.74, 6) is 1.47. The molecule has 138 valence electrons. The molecule has 0 aliphatic heterocycles. The van der Waals surface area contributed by atoms with Crippen LogP contribution in [0.25, 0.3) is 11.0 Å². The third-order valence-corrected chi connectivity index (χ3v) is 5.36. The van der Waals surface area contributed by atoms with Gasteiger partial charge in [0.2, 0.25) is 11.9 Å². The van der Waals surface area contributed by atoms with Crippen LogP contribution in [0, 0.1) is 0 Å². The number of hydrogen-bond donors (Lipinski definition) is 2. The molecular weight excluding hydrogens is 326 g/mol. The lowest BCUT2D eigenvalue weighted by atomic mass is 9.91. The lowest BCUT2D eigenvalue weighted by Crippen LogP contribution is -2.40. The van der Waals surface area contributed by atoms with Crippen LogP contribution in [0.5, 0.6) is 0 Å². The number of carbonyl (C=O) groups is 1. The van der Waals surface area contributed by atoms with Crippen LogP contribution in [0.3, 0.4) is 0 Å². The van der Waals surface area contributed by atoms with Gasteiger partial charge in [0.15, 0.2) is 5.65 Å². The number of carbonyl (C=O) groups excluding carboxylic acids is 1. The van der Waals surface area contributed by atoms with Crippen LogP contribution >= 0.6 is 0 Å². The largest absolute Gasteiger partial charge is 0.353 e. The molecule has 0 radical (unpaired) electrons. The molecule has 0 atom stereocenters. The maximum absolute atomic E-state index is 11.7. The van der Waals surface area contributed by atoms with E-state index in [4.69, 9.17) is 4.98 Å². The third-order valence-electron chi connectivity index (χ3n) is 5.36. The smallest absolute Gasteiger partial charge is 0.224 e. The average molecular weight is 353 g/mol. The van der Waals surface area contributed by atoms with E-state index in [9.17, 15) is 4.79 Å². The Morgan fingerprint density at radius 1 is 1.08 bits per heavy atom. The molecule has 0 spiro atoms. The van der Waals surface area contributed by atoms with Crippen molar-refractivity contribution in [2.24, 2.45) is 0 Å². The Hall–Kier alpha value is -2.24. The van der Waals surface area contributed by atoms with Crippen LogP contribution in [0.1, 0.15) is 69.9 Å². The molecule has 26 heavy (non-hydrogen) atoms. The van der Waals surface area contributed by atoms with Crippen LogP contribution in [0.15, 0.2) is 18.3 Å². The highest BCUT2D eigenvalue weighted by atomic mass is 16.1. The first-order valence-corrected chi connectivity index (χ1v) is 9.91. The van der Waals surface area contributed by atoms with Gasteiger partial charge in [0, 0.05) is 41.7 Å². The van der Waals surface area contributed by atoms with Crippen LogP contribution in [-0.2, 0) is 4.79 Å². The molecule has 6 nitrogen and oxygen atoms in total. The molecule has 6 heteroatoms. The molecule has 2 aromatic heterocycles. The van der Waals surface area contributed by atoms with E-state index >= 15 is 0 Å². The summed E-state index contributed by atoms with van der Waals surface area (Å²) in [5, 5.41) is 7.59. The van der Waals surface area contributed by atoms with Crippen molar-refractivity contribution in [2.75, 3.05) is 5.32 Å². The van der Waals surface area contributed by atoms with Crippen molar-refractivity contribution in [1.82, 2.24) is 20.3 Å². The van der Waals surface area contributed by atoms with Gasteiger partial charge in [-0.15, -0.1) is 0 Å². The first kappa shape index (κ1) is 17.2. The monoisotopic (exact) mass is 353 g/mol. The zero-order valence-electron chi connectivity index (χ0n) is 15.4. The molecule has 0 aromatic carbocycles. The first-order valence-electron chi connectivity index (χ1n) is 9.91. The van der Waals surface area contributed by atoms with Crippen LogP contribution in [0.4, 0.5) is 5.95 Å². The van der Waals surface area contributed by atoms with Gasteiger partial charge < -0.3 is 10.6 Å². The number of fused-ring (bicyclic) bond motifs is 1. The van der Waals surface area contributed by atoms with Crippen molar-refractivity contribution >= 4 is 22.9 Å². The van der Waals surface area contributed by atoms with E-state index in [1.807, 2.05) is 13.1 Å². The lowest BCUT2D eigenvalue weighted by Gasteiger charge is -2.29. The molecule has 2 aromatic rings. The van der Waals surface area contributed by atoms with E-state index in [1.165, 1.54) is 12.8 Å². The molecule has 2 fully saturated rings. The minimum Gasteiger partial charge on any atom is -0.353 e. The molecule has 0 bridgehead atoms. The molecule has 0 saturated heterocycles. The van der Waals surface area contributed by atoms with E-state index in [1.54, 1.807) is 0 Å². The predicted molar refractivity (Wildman–Crippen MR) is 102 cm³/mol. The highest BCUT2D eigenvalue weighted by Gasteiger charge is 2.25. The van der Waals surface area contributed by atoms with Crippen molar-refractivity contribution in [1.29, 1.82) is 0 Å². The van der Waals surface area contributed by atoms with Crippen molar-refractivity contribution in [3.63, 3.8) is 0 Å². The Kier molecular flexibility index (Phi) is 5.00. The normalized spacial score (nSPS) is 23.0. The van der Waals surface area contributed by atoms with Gasteiger partial charge >= 0.3 is 0 Å². The van der Waals surface area contributed by atoms with Gasteiger partial charge in [-0.05, 0) is 57.1 Å². The molecule has 4 rings (SSSR count). The maximum Gasteiger partial charge on any atom is 0.224 e. The van der Waals surface area contributed by atoms with Gasteiger partial charge in [0.1, 0.15) is 0 Å². The van der Waals surface area contributed by atoms with Gasteiger partial charge in [-0.1, -0.05) is 6.92 Å². The highest BCUT2D eigenvalue weighted by Crippen LogP contribution is 2.39. The molecule has 1 amide bonds. The highest BCUT2D eigenvalue weighted by molar-refractivity contribution is 5.76. The second-order valence-corrected chi connectivity index (χ2v) is 7.63. The number of anilines is 1. The topological polar surface area (TPSA) is 79.8 Å². The van der Waals surface area contributed by atoms with Crippen molar-refractivity contribution in [3.8, 4) is 0 Å². The Morgan fingerprint density at radius 2 is 1.85 bits per heavy atom. The van der Waals surface area contributed by atoms with E-state index in [0.29, 0.717) is 30.4 Å². The summed E-state index contributed by atoms with van der Waals surface area (Å²) < 4.78 is 0. The van der Waals surface area contributed by atoms with E-state index in [0.717, 1.165) is 48.8 Å². The zero-order valence-corrected chi connectivity index (χ0v) is 15.4. The summed E-state index contributed by atoms with van der Waals surface area (Å²) in [6, 6.07) is 4.85. The van der Waals surface area contributed by atoms with Gasteiger partial charge in [-0.2, -0.15) is 4.98 Å². The predicted octanol–water partition coefficient (Wildman–Crippen LogP) is 3.54. The summed E-state index contributed by atoms with van der Waals surface area (Å²) in [5.41, 5.74) is 1.94. The molecule has 2 saturated carbocycles. The van der Waals surface area contributed by atoms with E-state index in [-0.39, 0.29) is 5.91 Å². The quantitative estimate of drug-likeness (QED) is 0.830. The van der Waals surface area contributed by atoms with Crippen molar-refractivity contribution < 1.29 is 4.79 Å². The SMILES string of the molecule is CCCC(=O)NC1CCC(Nc2ncc3ccc(C4CC4)nc3n2)CC1. The molecular formula is C20H27N5O. The average Bonchev–Trinajstić information content (AvgIpc) is 3.48. The molecule has 2 N–H and O–H groups in total. The summed E-state index contributed by atoms with van der Waals surface area (Å²) in [4.78, 5) is 25.5. The fourth-order valence-corrected chi connectivity index (χ4v) is 3.69. The van der Waals surface area contributed by atoms with Gasteiger partial charge in [0.05, 0.1) is 0 Å². The number of rotatable bonds is 6. The Morgan fingerprint density at radius 3 is 2.58 bits per heavy atom. The van der Waals surface area contributed by atoms with Crippen LogP contribution in [-0.4, -0.2) is 32.9 Å². The Labute approximate surface area is 154 Å². The molecule has 2 aliphatic carbocycles. The van der Waals surface area contributed by atoms with Crippen LogP contribution in [0.2, 0.25) is 0 Å². The number of aromatic nitrogens is 3. The second kappa shape index (κ2) is 7.56. The summed E-state index contributed by atoms with van der Waals surface area (Å²) in [7, 11) is 0.